The lowest BCUT2D eigenvalue weighted by Crippen LogP contribution is -2.49. The van der Waals surface area contributed by atoms with Crippen molar-refractivity contribution in [1.82, 2.24) is 20.2 Å². The summed E-state index contributed by atoms with van der Waals surface area (Å²) in [5.74, 6) is 2.48. The molecule has 0 atom stereocenters. The molecule has 0 bridgehead atoms. The number of rotatable bonds is 7. The first-order valence-corrected chi connectivity index (χ1v) is 9.62. The Bertz CT molecular complexity index is 738. The SMILES string of the molecule is CN=C(NCCn1ccnc1)NC1CCN(c2cc(OC)cc(OC)c2)CC1.I. The third kappa shape index (κ3) is 6.69. The number of piperidine rings is 1. The summed E-state index contributed by atoms with van der Waals surface area (Å²) >= 11 is 0. The minimum atomic E-state index is 0. The second kappa shape index (κ2) is 11.7. The number of anilines is 1. The van der Waals surface area contributed by atoms with Gasteiger partial charge in [-0.2, -0.15) is 0 Å². The van der Waals surface area contributed by atoms with E-state index in [4.69, 9.17) is 9.47 Å². The smallest absolute Gasteiger partial charge is 0.191 e. The van der Waals surface area contributed by atoms with Crippen molar-refractivity contribution in [2.24, 2.45) is 4.99 Å². The molecule has 0 radical (unpaired) electrons. The molecule has 8 nitrogen and oxygen atoms in total. The van der Waals surface area contributed by atoms with E-state index in [1.54, 1.807) is 20.4 Å². The first-order valence-electron chi connectivity index (χ1n) is 9.62. The Morgan fingerprint density at radius 2 is 1.86 bits per heavy atom. The molecule has 2 N–H and O–H groups in total. The molecule has 1 aliphatic rings. The van der Waals surface area contributed by atoms with Crippen molar-refractivity contribution in [3.05, 3.63) is 36.9 Å². The second-order valence-corrected chi connectivity index (χ2v) is 6.78. The molecular formula is C20H31IN6O2. The van der Waals surface area contributed by atoms with Crippen molar-refractivity contribution >= 4 is 35.6 Å². The summed E-state index contributed by atoms with van der Waals surface area (Å²) in [6, 6.07) is 6.43. The van der Waals surface area contributed by atoms with Crippen molar-refractivity contribution in [2.45, 2.75) is 25.4 Å². The number of nitrogens with one attached hydrogen (secondary N) is 2. The van der Waals surface area contributed by atoms with E-state index < -0.39 is 0 Å². The molecule has 9 heteroatoms. The zero-order chi connectivity index (χ0) is 19.8. The Balaban J connectivity index is 0.00000300. The molecule has 0 amide bonds. The first kappa shape index (κ1) is 23.1. The largest absolute Gasteiger partial charge is 0.497 e. The first-order chi connectivity index (χ1) is 13.7. The van der Waals surface area contributed by atoms with E-state index in [1.807, 2.05) is 30.2 Å². The summed E-state index contributed by atoms with van der Waals surface area (Å²) in [7, 11) is 5.17. The summed E-state index contributed by atoms with van der Waals surface area (Å²) in [6.45, 7) is 3.61. The lowest BCUT2D eigenvalue weighted by atomic mass is 10.0. The number of hydrogen-bond donors (Lipinski definition) is 2. The van der Waals surface area contributed by atoms with Gasteiger partial charge in [-0.15, -0.1) is 24.0 Å². The number of hydrogen-bond acceptors (Lipinski definition) is 5. The van der Waals surface area contributed by atoms with Gasteiger partial charge in [-0.25, -0.2) is 4.98 Å². The molecule has 1 aliphatic heterocycles. The molecule has 1 fully saturated rings. The second-order valence-electron chi connectivity index (χ2n) is 6.78. The molecule has 0 saturated carbocycles. The summed E-state index contributed by atoms with van der Waals surface area (Å²) in [5, 5.41) is 6.91. The van der Waals surface area contributed by atoms with Gasteiger partial charge in [0.05, 0.1) is 20.5 Å². The molecule has 29 heavy (non-hydrogen) atoms. The molecule has 3 rings (SSSR count). The average Bonchev–Trinajstić information content (AvgIpc) is 3.26. The fourth-order valence-electron chi connectivity index (χ4n) is 3.37. The summed E-state index contributed by atoms with van der Waals surface area (Å²) in [4.78, 5) is 10.8. The number of nitrogens with zero attached hydrogens (tertiary/aromatic N) is 4. The fourth-order valence-corrected chi connectivity index (χ4v) is 3.37. The fraction of sp³-hybridized carbons (Fsp3) is 0.500. The van der Waals surface area contributed by atoms with E-state index >= 15 is 0 Å². The van der Waals surface area contributed by atoms with Crippen molar-refractivity contribution < 1.29 is 9.47 Å². The van der Waals surface area contributed by atoms with Crippen LogP contribution in [0.25, 0.3) is 0 Å². The lowest BCUT2D eigenvalue weighted by molar-refractivity contribution is 0.393. The molecular weight excluding hydrogens is 483 g/mol. The Kier molecular flexibility index (Phi) is 9.36. The van der Waals surface area contributed by atoms with E-state index in [1.165, 1.54) is 0 Å². The number of methoxy groups -OCH3 is 2. The van der Waals surface area contributed by atoms with Gasteiger partial charge in [0.2, 0.25) is 0 Å². The van der Waals surface area contributed by atoms with E-state index in [-0.39, 0.29) is 24.0 Å². The van der Waals surface area contributed by atoms with Crippen molar-refractivity contribution in [2.75, 3.05) is 45.8 Å². The topological polar surface area (TPSA) is 75.9 Å². The molecule has 1 aromatic heterocycles. The molecule has 0 unspecified atom stereocenters. The van der Waals surface area contributed by atoms with E-state index in [9.17, 15) is 0 Å². The van der Waals surface area contributed by atoms with Gasteiger partial charge in [0.25, 0.3) is 0 Å². The van der Waals surface area contributed by atoms with Crippen LogP contribution in [0, 0.1) is 0 Å². The van der Waals surface area contributed by atoms with Crippen LogP contribution >= 0.6 is 24.0 Å². The molecule has 1 saturated heterocycles. The maximum atomic E-state index is 5.39. The normalized spacial score (nSPS) is 14.9. The Morgan fingerprint density at radius 3 is 2.41 bits per heavy atom. The number of ether oxygens (including phenoxy) is 2. The lowest BCUT2D eigenvalue weighted by Gasteiger charge is -2.34. The van der Waals surface area contributed by atoms with Crippen molar-refractivity contribution in [1.29, 1.82) is 0 Å². The van der Waals surface area contributed by atoms with Crippen molar-refractivity contribution in [3.8, 4) is 11.5 Å². The van der Waals surface area contributed by atoms with Crippen LogP contribution in [0.3, 0.4) is 0 Å². The highest BCUT2D eigenvalue weighted by Gasteiger charge is 2.21. The van der Waals surface area contributed by atoms with Crippen molar-refractivity contribution in [3.63, 3.8) is 0 Å². The summed E-state index contributed by atoms with van der Waals surface area (Å²) in [5.41, 5.74) is 1.14. The predicted molar refractivity (Wildman–Crippen MR) is 127 cm³/mol. The van der Waals surface area contributed by atoms with Gasteiger partial charge in [-0.1, -0.05) is 0 Å². The quantitative estimate of drug-likeness (QED) is 0.336. The van der Waals surface area contributed by atoms with Crippen LogP contribution in [0.4, 0.5) is 5.69 Å². The van der Waals surface area contributed by atoms with Gasteiger partial charge >= 0.3 is 0 Å². The maximum Gasteiger partial charge on any atom is 0.191 e. The number of guanidine groups is 1. The van der Waals surface area contributed by atoms with Crippen LogP contribution in [0.2, 0.25) is 0 Å². The molecule has 0 spiro atoms. The number of benzene rings is 1. The van der Waals surface area contributed by atoms with E-state index in [2.05, 4.69) is 37.6 Å². The number of aliphatic imine (C=N–C) groups is 1. The zero-order valence-electron chi connectivity index (χ0n) is 17.3. The predicted octanol–water partition coefficient (Wildman–Crippen LogP) is 2.35. The molecule has 2 heterocycles. The molecule has 1 aromatic carbocycles. The zero-order valence-corrected chi connectivity index (χ0v) is 19.6. The highest BCUT2D eigenvalue weighted by molar-refractivity contribution is 14.0. The Labute approximate surface area is 189 Å². The van der Waals surface area contributed by atoms with Crippen LogP contribution in [0.15, 0.2) is 41.9 Å². The molecule has 0 aliphatic carbocycles. The van der Waals surface area contributed by atoms with Crippen LogP contribution in [0.5, 0.6) is 11.5 Å². The maximum absolute atomic E-state index is 5.39. The van der Waals surface area contributed by atoms with Crippen LogP contribution < -0.4 is 25.0 Å². The van der Waals surface area contributed by atoms with Gasteiger partial charge in [-0.05, 0) is 12.8 Å². The van der Waals surface area contributed by atoms with Gasteiger partial charge in [0.15, 0.2) is 5.96 Å². The summed E-state index contributed by atoms with van der Waals surface area (Å²) in [6.07, 6.45) is 7.66. The van der Waals surface area contributed by atoms with Crippen LogP contribution in [0.1, 0.15) is 12.8 Å². The minimum absolute atomic E-state index is 0. The van der Waals surface area contributed by atoms with E-state index in [0.717, 1.165) is 62.2 Å². The van der Waals surface area contributed by atoms with Crippen LogP contribution in [-0.2, 0) is 6.54 Å². The standard InChI is InChI=1S/C20H30N6O2.HI/c1-21-20(23-7-11-25-10-6-22-15-25)24-16-4-8-26(9-5-16)17-12-18(27-2)14-19(13-17)28-3;/h6,10,12-16H,4-5,7-9,11H2,1-3H3,(H2,21,23,24);1H. The highest BCUT2D eigenvalue weighted by atomic mass is 127. The van der Waals surface area contributed by atoms with E-state index in [0.29, 0.717) is 6.04 Å². The van der Waals surface area contributed by atoms with Crippen LogP contribution in [-0.4, -0.2) is 62.5 Å². The average molecular weight is 514 g/mol. The Hall–Kier alpha value is -2.17. The summed E-state index contributed by atoms with van der Waals surface area (Å²) < 4.78 is 12.8. The monoisotopic (exact) mass is 514 g/mol. The number of halogens is 1. The minimum Gasteiger partial charge on any atom is -0.497 e. The van der Waals surface area contributed by atoms with Gasteiger partial charge in [-0.3, -0.25) is 4.99 Å². The number of imidazole rings is 1. The third-order valence-corrected chi connectivity index (χ3v) is 4.98. The Morgan fingerprint density at radius 1 is 1.17 bits per heavy atom. The molecule has 2 aromatic rings. The van der Waals surface area contributed by atoms with Gasteiger partial charge < -0.3 is 29.6 Å². The van der Waals surface area contributed by atoms with Gasteiger partial charge in [0, 0.05) is 75.5 Å². The molecule has 160 valence electrons. The number of aromatic nitrogens is 2. The third-order valence-electron chi connectivity index (χ3n) is 4.98. The van der Waals surface area contributed by atoms with Gasteiger partial charge in [0.1, 0.15) is 11.5 Å². The highest BCUT2D eigenvalue weighted by Crippen LogP contribution is 2.30.